The van der Waals surface area contributed by atoms with Gasteiger partial charge in [0.2, 0.25) is 11.8 Å². The number of carbonyl (C=O) groups is 1. The molecule has 0 bridgehead atoms. The van der Waals surface area contributed by atoms with Gasteiger partial charge in [-0.2, -0.15) is 10.4 Å². The van der Waals surface area contributed by atoms with Gasteiger partial charge in [0, 0.05) is 12.0 Å². The average Bonchev–Trinajstić information content (AvgIpc) is 3.03. The minimum Gasteiger partial charge on any atom is -0.481 e. The lowest BCUT2D eigenvalue weighted by Crippen LogP contribution is -2.41. The van der Waals surface area contributed by atoms with Gasteiger partial charge in [-0.25, -0.2) is 5.10 Å². The molecular weight excluding hydrogens is 380 g/mol. The van der Waals surface area contributed by atoms with E-state index in [0.717, 1.165) is 27.9 Å². The quantitative estimate of drug-likeness (QED) is 0.672. The zero-order valence-corrected chi connectivity index (χ0v) is 17.5. The molecule has 1 unspecified atom stereocenters. The molecule has 0 spiro atoms. The summed E-state index contributed by atoms with van der Waals surface area (Å²) in [6.07, 6.45) is 0.261. The molecule has 0 aliphatic carbocycles. The van der Waals surface area contributed by atoms with E-state index in [1.807, 2.05) is 45.9 Å². The molecule has 0 saturated heterocycles. The number of hydrogen-bond donors (Lipinski definition) is 3. The van der Waals surface area contributed by atoms with Crippen molar-refractivity contribution in [3.8, 4) is 23.8 Å². The Bertz CT molecular complexity index is 1140. The maximum absolute atomic E-state index is 10.7. The van der Waals surface area contributed by atoms with Crippen LogP contribution in [0.25, 0.3) is 0 Å². The molecule has 0 fully saturated rings. The Hall–Kier alpha value is -3.71. The molecule has 1 aromatic heterocycles. The highest BCUT2D eigenvalue weighted by Gasteiger charge is 2.50. The number of nitriles is 1. The van der Waals surface area contributed by atoms with Crippen molar-refractivity contribution in [2.75, 3.05) is 0 Å². The summed E-state index contributed by atoms with van der Waals surface area (Å²) in [5, 5.41) is 26.0. The van der Waals surface area contributed by atoms with Crippen LogP contribution in [0.15, 0.2) is 29.7 Å². The summed E-state index contributed by atoms with van der Waals surface area (Å²) in [5.74, 6) is 5.54. The number of aryl methyl sites for hydroxylation is 2. The van der Waals surface area contributed by atoms with Gasteiger partial charge in [0.25, 0.3) is 0 Å². The first-order valence-corrected chi connectivity index (χ1v) is 9.68. The molecule has 2 heterocycles. The molecule has 4 N–H and O–H groups in total. The van der Waals surface area contributed by atoms with E-state index in [1.165, 1.54) is 0 Å². The Morgan fingerprint density at radius 2 is 2.10 bits per heavy atom. The molecule has 7 nitrogen and oxygen atoms in total. The third kappa shape index (κ3) is 3.40. The number of aromatic amines is 1. The van der Waals surface area contributed by atoms with Gasteiger partial charge in [0.05, 0.1) is 23.1 Å². The van der Waals surface area contributed by atoms with Crippen molar-refractivity contribution in [3.05, 3.63) is 57.6 Å². The second-order valence-electron chi connectivity index (χ2n) is 7.71. The van der Waals surface area contributed by atoms with Crippen molar-refractivity contribution in [3.63, 3.8) is 0 Å². The number of benzene rings is 1. The van der Waals surface area contributed by atoms with E-state index in [1.54, 1.807) is 0 Å². The Kier molecular flexibility index (Phi) is 5.58. The zero-order valence-electron chi connectivity index (χ0n) is 17.5. The molecule has 1 aromatic carbocycles. The number of nitrogens with one attached hydrogen (secondary N) is 1. The van der Waals surface area contributed by atoms with Gasteiger partial charge in [0.1, 0.15) is 11.6 Å². The lowest BCUT2D eigenvalue weighted by molar-refractivity contribution is -0.136. The number of carboxylic acids is 1. The fourth-order valence-corrected chi connectivity index (χ4v) is 4.19. The largest absolute Gasteiger partial charge is 0.481 e. The molecule has 2 aromatic rings. The molecule has 154 valence electrons. The summed E-state index contributed by atoms with van der Waals surface area (Å²) < 4.78 is 5.68. The first kappa shape index (κ1) is 21.0. The molecule has 0 amide bonds. The first-order valence-electron chi connectivity index (χ1n) is 9.68. The minimum absolute atomic E-state index is 0.00559. The van der Waals surface area contributed by atoms with Crippen molar-refractivity contribution >= 4 is 5.97 Å². The second-order valence-corrected chi connectivity index (χ2v) is 7.71. The Morgan fingerprint density at radius 1 is 1.37 bits per heavy atom. The van der Waals surface area contributed by atoms with Crippen molar-refractivity contribution in [1.82, 2.24) is 10.2 Å². The molecule has 0 saturated carbocycles. The highest BCUT2D eigenvalue weighted by Crippen LogP contribution is 2.52. The third-order valence-electron chi connectivity index (χ3n) is 5.37. The molecule has 3 rings (SSSR count). The van der Waals surface area contributed by atoms with Crippen molar-refractivity contribution in [1.29, 1.82) is 5.26 Å². The number of H-pyrrole nitrogens is 1. The maximum atomic E-state index is 10.7. The summed E-state index contributed by atoms with van der Waals surface area (Å²) in [7, 11) is 0. The van der Waals surface area contributed by atoms with Gasteiger partial charge in [0.15, 0.2) is 0 Å². The Labute approximate surface area is 175 Å². The van der Waals surface area contributed by atoms with E-state index in [4.69, 9.17) is 15.6 Å². The van der Waals surface area contributed by atoms with E-state index >= 15 is 0 Å². The SMILES string of the molecule is Cc1cc(C#CCCC(=O)O)cc(C2(C(C)C)C(C#N)=C(N)Oc3[nH]nc(C)c32)c1. The van der Waals surface area contributed by atoms with Gasteiger partial charge in [-0.3, -0.25) is 4.79 Å². The Morgan fingerprint density at radius 3 is 2.73 bits per heavy atom. The molecule has 1 atom stereocenters. The van der Waals surface area contributed by atoms with Gasteiger partial charge in [-0.1, -0.05) is 31.8 Å². The molecule has 30 heavy (non-hydrogen) atoms. The summed E-state index contributed by atoms with van der Waals surface area (Å²) in [5.41, 5.74) is 9.77. The Balaban J connectivity index is 2.26. The van der Waals surface area contributed by atoms with Crippen LogP contribution in [0.3, 0.4) is 0 Å². The average molecular weight is 404 g/mol. The van der Waals surface area contributed by atoms with Crippen molar-refractivity contribution in [2.45, 2.75) is 46.0 Å². The number of fused-ring (bicyclic) bond motifs is 1. The number of aromatic nitrogens is 2. The van der Waals surface area contributed by atoms with Crippen molar-refractivity contribution in [2.24, 2.45) is 11.7 Å². The fraction of sp³-hybridized carbons (Fsp3) is 0.348. The van der Waals surface area contributed by atoms with Crippen LogP contribution < -0.4 is 10.5 Å². The number of ether oxygens (including phenoxy) is 1. The third-order valence-corrected chi connectivity index (χ3v) is 5.37. The molecule has 1 aliphatic heterocycles. The van der Waals surface area contributed by atoms with E-state index in [9.17, 15) is 10.1 Å². The smallest absolute Gasteiger partial charge is 0.304 e. The van der Waals surface area contributed by atoms with Crippen LogP contribution >= 0.6 is 0 Å². The van der Waals surface area contributed by atoms with Crippen LogP contribution in [-0.2, 0) is 10.2 Å². The monoisotopic (exact) mass is 404 g/mol. The van der Waals surface area contributed by atoms with Crippen LogP contribution in [0.5, 0.6) is 5.88 Å². The van der Waals surface area contributed by atoms with Gasteiger partial charge < -0.3 is 15.6 Å². The summed E-state index contributed by atoms with van der Waals surface area (Å²) in [6, 6.07) is 8.17. The molecule has 1 aliphatic rings. The van der Waals surface area contributed by atoms with E-state index in [0.29, 0.717) is 11.5 Å². The molecule has 7 heteroatoms. The van der Waals surface area contributed by atoms with E-state index in [-0.39, 0.29) is 24.6 Å². The van der Waals surface area contributed by atoms with Gasteiger partial charge in [-0.15, -0.1) is 0 Å². The minimum atomic E-state index is -0.877. The highest BCUT2D eigenvalue weighted by molar-refractivity contribution is 5.67. The number of nitrogens with zero attached hydrogens (tertiary/aromatic N) is 2. The van der Waals surface area contributed by atoms with Crippen LogP contribution in [0, 0.1) is 42.9 Å². The van der Waals surface area contributed by atoms with Crippen LogP contribution in [0.1, 0.15) is 54.6 Å². The predicted octanol–water partition coefficient (Wildman–Crippen LogP) is 3.27. The van der Waals surface area contributed by atoms with Gasteiger partial charge >= 0.3 is 5.97 Å². The molecule has 0 radical (unpaired) electrons. The topological polar surface area (TPSA) is 125 Å². The number of rotatable bonds is 4. The van der Waals surface area contributed by atoms with Gasteiger partial charge in [-0.05, 0) is 43.0 Å². The summed E-state index contributed by atoms with van der Waals surface area (Å²) in [4.78, 5) is 10.7. The number of hydrogen-bond acceptors (Lipinski definition) is 5. The van der Waals surface area contributed by atoms with Crippen LogP contribution in [-0.4, -0.2) is 21.3 Å². The number of carboxylic acid groups (broad SMARTS) is 1. The number of aliphatic carboxylic acids is 1. The van der Waals surface area contributed by atoms with Crippen LogP contribution in [0.4, 0.5) is 0 Å². The number of allylic oxidation sites excluding steroid dienone is 1. The second kappa shape index (κ2) is 7.96. The normalized spacial score (nSPS) is 17.6. The first-order chi connectivity index (χ1) is 14.2. The fourth-order valence-electron chi connectivity index (χ4n) is 4.19. The van der Waals surface area contributed by atoms with E-state index < -0.39 is 11.4 Å². The van der Waals surface area contributed by atoms with E-state index in [2.05, 4.69) is 28.1 Å². The molecular formula is C23H24N4O3. The number of nitrogens with two attached hydrogens (primary N) is 1. The van der Waals surface area contributed by atoms with Crippen LogP contribution in [0.2, 0.25) is 0 Å². The lowest BCUT2D eigenvalue weighted by atomic mass is 9.61. The predicted molar refractivity (Wildman–Crippen MR) is 111 cm³/mol. The summed E-state index contributed by atoms with van der Waals surface area (Å²) in [6.45, 7) is 7.90. The maximum Gasteiger partial charge on any atom is 0.304 e. The zero-order chi connectivity index (χ0) is 22.1. The van der Waals surface area contributed by atoms with Crippen molar-refractivity contribution < 1.29 is 14.6 Å². The summed E-state index contributed by atoms with van der Waals surface area (Å²) >= 11 is 0. The highest BCUT2D eigenvalue weighted by atomic mass is 16.5. The standard InChI is InChI=1S/C23H24N4O3/c1-13(2)23(18(12-24)21(25)30-22-20(23)15(4)26-27-22)17-10-14(3)9-16(11-17)7-5-6-8-19(28)29/h9-11,13H,6,8,25H2,1-4H3,(H,26,27)(H,28,29). The lowest BCUT2D eigenvalue weighted by Gasteiger charge is -2.41.